The fourth-order valence-corrected chi connectivity index (χ4v) is 4.38. The summed E-state index contributed by atoms with van der Waals surface area (Å²) in [4.78, 5) is 54.4. The first-order valence-corrected chi connectivity index (χ1v) is 11.9. The van der Waals surface area contributed by atoms with Crippen LogP contribution in [0, 0.1) is 5.92 Å². The highest BCUT2D eigenvalue weighted by atomic mass is 16.6. The van der Waals surface area contributed by atoms with Crippen molar-refractivity contribution in [2.45, 2.75) is 64.6 Å². The Morgan fingerprint density at radius 3 is 2.24 bits per heavy atom. The molecule has 34 heavy (non-hydrogen) atoms. The van der Waals surface area contributed by atoms with Crippen LogP contribution in [0.15, 0.2) is 12.2 Å². The average Bonchev–Trinajstić information content (AvgIpc) is 3.21. The second-order valence-electron chi connectivity index (χ2n) is 9.98. The smallest absolute Gasteiger partial charge is 0.410 e. The van der Waals surface area contributed by atoms with E-state index in [9.17, 15) is 19.2 Å². The van der Waals surface area contributed by atoms with Crippen molar-refractivity contribution in [1.82, 2.24) is 20.4 Å². The summed E-state index contributed by atoms with van der Waals surface area (Å²) in [5.74, 6) is -0.422. The highest BCUT2D eigenvalue weighted by molar-refractivity contribution is 5.94. The predicted octanol–water partition coefficient (Wildman–Crippen LogP) is 1.74. The van der Waals surface area contributed by atoms with E-state index >= 15 is 0 Å². The number of cyclic esters (lactones) is 2. The molecule has 2 N–H and O–H groups in total. The molecule has 2 rings (SSSR count). The van der Waals surface area contributed by atoms with E-state index in [0.29, 0.717) is 25.9 Å². The lowest BCUT2D eigenvalue weighted by Gasteiger charge is -2.36. The zero-order valence-electron chi connectivity index (χ0n) is 21.3. The van der Waals surface area contributed by atoms with E-state index < -0.39 is 23.3 Å². The van der Waals surface area contributed by atoms with E-state index in [-0.39, 0.29) is 49.8 Å². The summed E-state index contributed by atoms with van der Waals surface area (Å²) in [5, 5.41) is 6.55. The molecule has 1 fully saturated rings. The highest BCUT2D eigenvalue weighted by Gasteiger charge is 2.47. The van der Waals surface area contributed by atoms with Crippen LogP contribution in [-0.4, -0.2) is 97.1 Å². The van der Waals surface area contributed by atoms with Gasteiger partial charge in [0, 0.05) is 38.6 Å². The van der Waals surface area contributed by atoms with Crippen molar-refractivity contribution in [3.8, 4) is 0 Å². The Balaban J connectivity index is 2.32. The topological polar surface area (TPSA) is 117 Å². The Kier molecular flexibility index (Phi) is 9.64. The molecular weight excluding hydrogens is 440 g/mol. The van der Waals surface area contributed by atoms with Crippen LogP contribution in [0.4, 0.5) is 9.59 Å². The number of hydrogen-bond donors (Lipinski definition) is 2. The van der Waals surface area contributed by atoms with Gasteiger partial charge in [-0.1, -0.05) is 13.8 Å². The van der Waals surface area contributed by atoms with Crippen molar-refractivity contribution in [3.05, 3.63) is 12.2 Å². The van der Waals surface area contributed by atoms with Crippen molar-refractivity contribution in [2.24, 2.45) is 5.92 Å². The first-order chi connectivity index (χ1) is 15.9. The van der Waals surface area contributed by atoms with Gasteiger partial charge in [-0.2, -0.15) is 0 Å². The number of nitrogens with zero attached hydrogens (tertiary/aromatic N) is 2. The summed E-state index contributed by atoms with van der Waals surface area (Å²) < 4.78 is 10.5. The van der Waals surface area contributed by atoms with Crippen LogP contribution in [0.2, 0.25) is 0 Å². The van der Waals surface area contributed by atoms with Crippen molar-refractivity contribution >= 4 is 23.8 Å². The van der Waals surface area contributed by atoms with Gasteiger partial charge in [0.1, 0.15) is 13.2 Å². The van der Waals surface area contributed by atoms with Crippen molar-refractivity contribution in [1.29, 1.82) is 0 Å². The molecular formula is C24H40N4O6. The Bertz CT molecular complexity index is 798. The number of carbonyl (C=O) groups is 4. The van der Waals surface area contributed by atoms with Gasteiger partial charge >= 0.3 is 12.2 Å². The maximum absolute atomic E-state index is 13.4. The molecule has 2 heterocycles. The highest BCUT2D eigenvalue weighted by Crippen LogP contribution is 2.27. The Hall–Kier alpha value is -2.46. The van der Waals surface area contributed by atoms with Crippen LogP contribution < -0.4 is 10.6 Å². The standard InChI is InChI=1S/C24H40N4O6/c1-17(2)20(30)24-10-12-28(16-24)22(32)34-14-8-7-13-33-21(31)27(6)11-9-23(5,26-18(3)4)19(29)15-25-24/h7-8,17-18,25-26H,9-16H2,1-6H3/b8-7+/t23-,24+/m1/s1. The summed E-state index contributed by atoms with van der Waals surface area (Å²) in [6, 6.07) is 0.0252. The lowest BCUT2D eigenvalue weighted by molar-refractivity contribution is -0.129. The minimum absolute atomic E-state index is 0.0252. The van der Waals surface area contributed by atoms with Gasteiger partial charge in [0.15, 0.2) is 11.6 Å². The molecule has 0 aromatic heterocycles. The molecule has 10 heteroatoms. The number of nitrogens with one attached hydrogen (secondary N) is 2. The molecule has 0 saturated carbocycles. The molecule has 192 valence electrons. The van der Waals surface area contributed by atoms with Crippen LogP contribution in [0.25, 0.3) is 0 Å². The SMILES string of the molecule is CC(C)N[C@]1(C)CCN(C)C(=O)OC/C=C/COC(=O)N2CC[C@@](C(=O)C(C)C)(C2)NCC1=O. The molecule has 2 aliphatic rings. The first kappa shape index (κ1) is 27.8. The van der Waals surface area contributed by atoms with Crippen LogP contribution >= 0.6 is 0 Å². The molecule has 0 aromatic carbocycles. The third-order valence-corrected chi connectivity index (χ3v) is 6.37. The molecule has 0 radical (unpaired) electrons. The van der Waals surface area contributed by atoms with Gasteiger partial charge in [0.25, 0.3) is 0 Å². The maximum atomic E-state index is 13.4. The van der Waals surface area contributed by atoms with Gasteiger partial charge in [-0.25, -0.2) is 9.59 Å². The molecule has 0 aromatic rings. The quantitative estimate of drug-likeness (QED) is 0.585. The number of rotatable bonds is 4. The fraction of sp³-hybridized carbons (Fsp3) is 0.750. The van der Waals surface area contributed by atoms with Gasteiger partial charge in [-0.15, -0.1) is 0 Å². The van der Waals surface area contributed by atoms with Gasteiger partial charge < -0.3 is 24.6 Å². The van der Waals surface area contributed by atoms with E-state index in [1.807, 2.05) is 34.6 Å². The number of hydrogen-bond acceptors (Lipinski definition) is 8. The van der Waals surface area contributed by atoms with E-state index in [1.165, 1.54) is 9.80 Å². The maximum Gasteiger partial charge on any atom is 0.410 e. The molecule has 0 spiro atoms. The van der Waals surface area contributed by atoms with Crippen LogP contribution in [0.3, 0.4) is 0 Å². The third kappa shape index (κ3) is 7.02. The van der Waals surface area contributed by atoms with E-state index in [0.717, 1.165) is 0 Å². The second-order valence-corrected chi connectivity index (χ2v) is 9.98. The molecule has 0 unspecified atom stereocenters. The molecule has 10 nitrogen and oxygen atoms in total. The summed E-state index contributed by atoms with van der Waals surface area (Å²) in [6.07, 6.45) is 2.95. The Labute approximate surface area is 202 Å². The van der Waals surface area contributed by atoms with E-state index in [1.54, 1.807) is 19.2 Å². The predicted molar refractivity (Wildman–Crippen MR) is 128 cm³/mol. The monoisotopic (exact) mass is 480 g/mol. The van der Waals surface area contributed by atoms with Gasteiger partial charge in [-0.3, -0.25) is 14.9 Å². The largest absolute Gasteiger partial charge is 0.445 e. The lowest BCUT2D eigenvalue weighted by Crippen LogP contribution is -2.61. The van der Waals surface area contributed by atoms with Crippen LogP contribution in [0.5, 0.6) is 0 Å². The number of ether oxygens (including phenoxy) is 2. The zero-order chi connectivity index (χ0) is 25.5. The Morgan fingerprint density at radius 1 is 1.03 bits per heavy atom. The van der Waals surface area contributed by atoms with E-state index in [4.69, 9.17) is 9.47 Å². The summed E-state index contributed by atoms with van der Waals surface area (Å²) in [5.41, 5.74) is -1.94. The molecule has 2 bridgehead atoms. The zero-order valence-corrected chi connectivity index (χ0v) is 21.3. The molecule has 0 aliphatic carbocycles. The molecule has 2 amide bonds. The minimum Gasteiger partial charge on any atom is -0.445 e. The molecule has 2 aliphatic heterocycles. The van der Waals surface area contributed by atoms with Gasteiger partial charge in [0.05, 0.1) is 17.6 Å². The number of ketones is 2. The van der Waals surface area contributed by atoms with E-state index in [2.05, 4.69) is 10.6 Å². The fourth-order valence-electron chi connectivity index (χ4n) is 4.38. The Morgan fingerprint density at radius 2 is 1.65 bits per heavy atom. The van der Waals surface area contributed by atoms with Gasteiger partial charge in [-0.05, 0) is 45.8 Å². The first-order valence-electron chi connectivity index (χ1n) is 11.9. The van der Waals surface area contributed by atoms with Gasteiger partial charge in [0.2, 0.25) is 0 Å². The van der Waals surface area contributed by atoms with Crippen molar-refractivity contribution in [3.63, 3.8) is 0 Å². The summed E-state index contributed by atoms with van der Waals surface area (Å²) >= 11 is 0. The van der Waals surface area contributed by atoms with Crippen LogP contribution in [-0.2, 0) is 19.1 Å². The normalized spacial score (nSPS) is 29.0. The van der Waals surface area contributed by atoms with Crippen LogP contribution in [0.1, 0.15) is 47.5 Å². The number of Topliss-reactive ketones (excluding diaryl/α,β-unsaturated/α-hetero) is 2. The summed E-state index contributed by atoms with van der Waals surface area (Å²) in [6.45, 7) is 10.2. The minimum atomic E-state index is -1.01. The lowest BCUT2D eigenvalue weighted by atomic mass is 9.85. The third-order valence-electron chi connectivity index (χ3n) is 6.37. The number of fused-ring (bicyclic) bond motifs is 2. The average molecular weight is 481 g/mol. The number of carbonyl (C=O) groups excluding carboxylic acids is 4. The summed E-state index contributed by atoms with van der Waals surface area (Å²) in [7, 11) is 1.62. The van der Waals surface area contributed by atoms with Crippen molar-refractivity contribution in [2.75, 3.05) is 46.4 Å². The van der Waals surface area contributed by atoms with Crippen molar-refractivity contribution < 1.29 is 28.7 Å². The molecule has 2 atom stereocenters. The second kappa shape index (κ2) is 11.8. The number of amides is 2. The molecule has 1 saturated heterocycles.